The fourth-order valence-corrected chi connectivity index (χ4v) is 1.83. The number of aromatic nitrogens is 3. The summed E-state index contributed by atoms with van der Waals surface area (Å²) < 4.78 is 19.8. The minimum atomic E-state index is -0.817. The van der Waals surface area contributed by atoms with Gasteiger partial charge < -0.3 is 4.74 Å². The molecule has 0 aliphatic heterocycles. The molecule has 6 nitrogen and oxygen atoms in total. The van der Waals surface area contributed by atoms with Crippen LogP contribution in [0.15, 0.2) is 10.9 Å². The van der Waals surface area contributed by atoms with Gasteiger partial charge in [-0.15, -0.1) is 0 Å². The zero-order valence-electron chi connectivity index (χ0n) is 11.4. The lowest BCUT2D eigenvalue weighted by molar-refractivity contribution is 0.0515. The molecule has 0 saturated carbocycles. The molecule has 0 aliphatic rings. The third-order valence-electron chi connectivity index (χ3n) is 2.82. The Morgan fingerprint density at radius 1 is 1.45 bits per heavy atom. The van der Waals surface area contributed by atoms with Crippen LogP contribution >= 0.6 is 0 Å². The van der Waals surface area contributed by atoms with Crippen LogP contribution in [0.4, 0.5) is 4.39 Å². The molecule has 2 heterocycles. The first-order valence-electron chi connectivity index (χ1n) is 6.24. The van der Waals surface area contributed by atoms with E-state index in [0.717, 1.165) is 6.07 Å². The lowest BCUT2D eigenvalue weighted by Gasteiger charge is -2.09. The highest BCUT2D eigenvalue weighted by atomic mass is 19.1. The zero-order valence-corrected chi connectivity index (χ0v) is 11.4. The number of aryl methyl sites for hydroxylation is 2. The lowest BCUT2D eigenvalue weighted by Crippen LogP contribution is -2.25. The van der Waals surface area contributed by atoms with Gasteiger partial charge in [-0.2, -0.15) is 5.10 Å². The van der Waals surface area contributed by atoms with Crippen molar-refractivity contribution in [3.05, 3.63) is 33.5 Å². The maximum absolute atomic E-state index is 13.6. The van der Waals surface area contributed by atoms with Crippen molar-refractivity contribution in [2.75, 3.05) is 6.61 Å². The summed E-state index contributed by atoms with van der Waals surface area (Å²) in [5.74, 6) is -1.42. The summed E-state index contributed by atoms with van der Waals surface area (Å²) in [7, 11) is 0. The molecule has 0 aromatic carbocycles. The Morgan fingerprint density at radius 2 is 2.15 bits per heavy atom. The highest BCUT2D eigenvalue weighted by molar-refractivity contribution is 5.90. The molecular weight excluding hydrogens is 265 g/mol. The molecule has 0 atom stereocenters. The molecule has 0 spiro atoms. The Labute approximate surface area is 114 Å². The van der Waals surface area contributed by atoms with Gasteiger partial charge in [-0.3, -0.25) is 4.79 Å². The van der Waals surface area contributed by atoms with E-state index in [4.69, 9.17) is 4.74 Å². The minimum Gasteiger partial charge on any atom is -0.461 e. The van der Waals surface area contributed by atoms with E-state index >= 15 is 0 Å². The maximum Gasteiger partial charge on any atom is 0.362 e. The van der Waals surface area contributed by atoms with Gasteiger partial charge in [-0.25, -0.2) is 18.9 Å². The topological polar surface area (TPSA) is 74.1 Å². The highest BCUT2D eigenvalue weighted by Gasteiger charge is 2.19. The summed E-state index contributed by atoms with van der Waals surface area (Å²) in [6, 6.07) is 1.08. The molecule has 20 heavy (non-hydrogen) atoms. The van der Waals surface area contributed by atoms with Crippen LogP contribution in [0.1, 0.15) is 30.0 Å². The van der Waals surface area contributed by atoms with Gasteiger partial charge in [0.1, 0.15) is 5.82 Å². The third kappa shape index (κ3) is 2.26. The Balaban J connectivity index is 2.81. The second-order valence-electron chi connectivity index (χ2n) is 4.14. The Bertz CT molecular complexity index is 740. The van der Waals surface area contributed by atoms with Crippen LogP contribution in [0, 0.1) is 12.7 Å². The molecule has 0 aliphatic carbocycles. The van der Waals surface area contributed by atoms with Crippen LogP contribution in [0.5, 0.6) is 0 Å². The standard InChI is InChI=1S/C13H14FN3O3/c1-4-17-12-8(6-9(14)7(3)15-12)11(18)10(16-17)13(19)20-5-2/h6H,4-5H2,1-3H3. The number of carbonyl (C=O) groups excluding carboxylic acids is 1. The highest BCUT2D eigenvalue weighted by Crippen LogP contribution is 2.12. The number of hydrogen-bond donors (Lipinski definition) is 0. The van der Waals surface area contributed by atoms with E-state index in [1.54, 1.807) is 13.8 Å². The molecular formula is C13H14FN3O3. The third-order valence-corrected chi connectivity index (χ3v) is 2.82. The first kappa shape index (κ1) is 14.1. The number of carbonyl (C=O) groups is 1. The number of nitrogens with zero attached hydrogens (tertiary/aromatic N) is 3. The molecule has 2 rings (SSSR count). The van der Waals surface area contributed by atoms with Crippen molar-refractivity contribution < 1.29 is 13.9 Å². The molecule has 0 unspecified atom stereocenters. The van der Waals surface area contributed by atoms with Gasteiger partial charge in [-0.1, -0.05) is 0 Å². The van der Waals surface area contributed by atoms with Gasteiger partial charge in [0.2, 0.25) is 11.1 Å². The molecule has 0 N–H and O–H groups in total. The van der Waals surface area contributed by atoms with Crippen LogP contribution in [0.25, 0.3) is 11.0 Å². The number of pyridine rings is 1. The van der Waals surface area contributed by atoms with Gasteiger partial charge in [0.05, 0.1) is 17.7 Å². The van der Waals surface area contributed by atoms with Crippen molar-refractivity contribution in [3.63, 3.8) is 0 Å². The van der Waals surface area contributed by atoms with E-state index in [9.17, 15) is 14.0 Å². The molecule has 106 valence electrons. The first-order chi connectivity index (χ1) is 9.49. The predicted molar refractivity (Wildman–Crippen MR) is 70.1 cm³/mol. The smallest absolute Gasteiger partial charge is 0.362 e. The largest absolute Gasteiger partial charge is 0.461 e. The van der Waals surface area contributed by atoms with E-state index in [1.165, 1.54) is 11.6 Å². The maximum atomic E-state index is 13.6. The van der Waals surface area contributed by atoms with E-state index in [1.807, 2.05) is 0 Å². The first-order valence-corrected chi connectivity index (χ1v) is 6.24. The molecule has 0 fully saturated rings. The van der Waals surface area contributed by atoms with Crippen molar-refractivity contribution in [2.45, 2.75) is 27.3 Å². The molecule has 2 aromatic heterocycles. The van der Waals surface area contributed by atoms with Gasteiger partial charge in [0, 0.05) is 6.54 Å². The number of ether oxygens (including phenoxy) is 1. The second-order valence-corrected chi connectivity index (χ2v) is 4.14. The summed E-state index contributed by atoms with van der Waals surface area (Å²) in [5, 5.41) is 3.97. The van der Waals surface area contributed by atoms with Crippen molar-refractivity contribution in [2.24, 2.45) is 0 Å². The predicted octanol–water partition coefficient (Wildman–Crippen LogP) is 1.44. The fraction of sp³-hybridized carbons (Fsp3) is 0.385. The zero-order chi connectivity index (χ0) is 14.9. The number of hydrogen-bond acceptors (Lipinski definition) is 5. The summed E-state index contributed by atoms with van der Waals surface area (Å²) in [6.07, 6.45) is 0. The van der Waals surface area contributed by atoms with Crippen LogP contribution in [0.2, 0.25) is 0 Å². The van der Waals surface area contributed by atoms with Crippen LogP contribution < -0.4 is 5.43 Å². The molecule has 0 radical (unpaired) electrons. The van der Waals surface area contributed by atoms with E-state index in [0.29, 0.717) is 6.54 Å². The van der Waals surface area contributed by atoms with E-state index in [2.05, 4.69) is 10.1 Å². The number of rotatable bonds is 3. The molecule has 0 bridgehead atoms. The van der Waals surface area contributed by atoms with Gasteiger partial charge in [0.15, 0.2) is 5.65 Å². The van der Waals surface area contributed by atoms with Gasteiger partial charge in [0.25, 0.3) is 0 Å². The number of esters is 1. The average molecular weight is 279 g/mol. The van der Waals surface area contributed by atoms with E-state index in [-0.39, 0.29) is 29.0 Å². The molecule has 7 heteroatoms. The second kappa shape index (κ2) is 5.36. The van der Waals surface area contributed by atoms with Crippen molar-refractivity contribution in [3.8, 4) is 0 Å². The average Bonchev–Trinajstić information content (AvgIpc) is 2.42. The monoisotopic (exact) mass is 279 g/mol. The van der Waals surface area contributed by atoms with Gasteiger partial charge in [-0.05, 0) is 26.8 Å². The summed E-state index contributed by atoms with van der Waals surface area (Å²) in [4.78, 5) is 27.9. The Kier molecular flexibility index (Phi) is 3.78. The SMILES string of the molecule is CCOC(=O)c1nn(CC)c2nc(C)c(F)cc2c1=O. The Morgan fingerprint density at radius 3 is 2.75 bits per heavy atom. The molecule has 0 saturated heterocycles. The van der Waals surface area contributed by atoms with Crippen LogP contribution in [0.3, 0.4) is 0 Å². The molecule has 2 aromatic rings. The van der Waals surface area contributed by atoms with Crippen molar-refractivity contribution in [1.29, 1.82) is 0 Å². The van der Waals surface area contributed by atoms with Crippen molar-refractivity contribution in [1.82, 2.24) is 14.8 Å². The number of halogens is 1. The summed E-state index contributed by atoms with van der Waals surface area (Å²) in [6.45, 7) is 5.43. The lowest BCUT2D eigenvalue weighted by atomic mass is 10.2. The summed E-state index contributed by atoms with van der Waals surface area (Å²) in [5.41, 5.74) is -0.602. The van der Waals surface area contributed by atoms with E-state index < -0.39 is 17.2 Å². The number of fused-ring (bicyclic) bond motifs is 1. The van der Waals surface area contributed by atoms with Gasteiger partial charge >= 0.3 is 5.97 Å². The Hall–Kier alpha value is -2.31. The quantitative estimate of drug-likeness (QED) is 0.795. The van der Waals surface area contributed by atoms with Crippen LogP contribution in [-0.2, 0) is 11.3 Å². The van der Waals surface area contributed by atoms with Crippen molar-refractivity contribution >= 4 is 17.0 Å². The normalized spacial score (nSPS) is 10.8. The van der Waals surface area contributed by atoms with Crippen LogP contribution in [-0.4, -0.2) is 27.3 Å². The summed E-state index contributed by atoms with van der Waals surface area (Å²) >= 11 is 0. The molecule has 0 amide bonds. The minimum absolute atomic E-state index is 0.0213. The fourth-order valence-electron chi connectivity index (χ4n) is 1.83.